The summed E-state index contributed by atoms with van der Waals surface area (Å²) in [5, 5.41) is 11.0. The molecular weight excluding hydrogens is 258 g/mol. The first kappa shape index (κ1) is 16.1. The number of nitrogens with one attached hydrogen (secondary N) is 1. The second-order valence-electron chi connectivity index (χ2n) is 6.43. The van der Waals surface area contributed by atoms with E-state index in [0.717, 1.165) is 12.1 Å². The molecule has 0 radical (unpaired) electrons. The van der Waals surface area contributed by atoms with Gasteiger partial charge in [-0.05, 0) is 43.1 Å². The average molecular weight is 286 g/mol. The summed E-state index contributed by atoms with van der Waals surface area (Å²) in [6.45, 7) is 7.35. The molecule has 1 aromatic rings. The fourth-order valence-electron chi connectivity index (χ4n) is 2.95. The lowest BCUT2D eigenvalue weighted by molar-refractivity contribution is -0.891. The molecule has 1 aliphatic heterocycles. The maximum atomic E-state index is 11.0. The minimum absolute atomic E-state index is 0.0755. The summed E-state index contributed by atoms with van der Waals surface area (Å²) in [6, 6.07) is 9.83. The highest BCUT2D eigenvalue weighted by molar-refractivity contribution is 5.32. The molecule has 1 unspecified atom stereocenters. The van der Waals surface area contributed by atoms with Gasteiger partial charge in [-0.1, -0.05) is 50.1 Å². The molecule has 2 heteroatoms. The van der Waals surface area contributed by atoms with E-state index in [9.17, 15) is 5.11 Å². The zero-order valence-corrected chi connectivity index (χ0v) is 13.4. The Hall–Kier alpha value is -1.30. The monoisotopic (exact) mass is 286 g/mol. The first-order valence-electron chi connectivity index (χ1n) is 8.24. The highest BCUT2D eigenvalue weighted by atomic mass is 16.3. The molecule has 0 spiro atoms. The summed E-state index contributed by atoms with van der Waals surface area (Å²) in [5.41, 5.74) is -0.134. The van der Waals surface area contributed by atoms with Gasteiger partial charge in [-0.25, -0.2) is 0 Å². The molecule has 2 nitrogen and oxygen atoms in total. The van der Waals surface area contributed by atoms with Crippen molar-refractivity contribution in [1.29, 1.82) is 0 Å². The first-order chi connectivity index (χ1) is 10.1. The van der Waals surface area contributed by atoms with Crippen molar-refractivity contribution in [3.8, 4) is 11.8 Å². The third-order valence-corrected chi connectivity index (χ3v) is 4.48. The lowest BCUT2D eigenvalue weighted by Gasteiger charge is -2.27. The standard InChI is InChI=1S/C19H27NO/c1-17(2)19(21,18-11-6-5-7-12-18)13-10-16-20-14-8-3-4-9-15-20/h5-7,11-12,17,21H,3-4,8-9,14-16H2,1-2H3/p+1. The molecule has 0 bridgehead atoms. The number of benzene rings is 1. The number of rotatable bonds is 3. The fourth-order valence-corrected chi connectivity index (χ4v) is 2.95. The van der Waals surface area contributed by atoms with Crippen LogP contribution in [0.2, 0.25) is 0 Å². The van der Waals surface area contributed by atoms with E-state index in [1.807, 2.05) is 44.2 Å². The summed E-state index contributed by atoms with van der Waals surface area (Å²) < 4.78 is 0. The molecule has 0 aliphatic carbocycles. The van der Waals surface area contributed by atoms with Gasteiger partial charge in [0.2, 0.25) is 0 Å². The molecule has 1 saturated heterocycles. The van der Waals surface area contributed by atoms with E-state index in [1.165, 1.54) is 38.8 Å². The Bertz CT molecular complexity index is 477. The normalized spacial score (nSPS) is 19.4. The van der Waals surface area contributed by atoms with E-state index in [4.69, 9.17) is 0 Å². The quantitative estimate of drug-likeness (QED) is 0.816. The molecule has 1 heterocycles. The van der Waals surface area contributed by atoms with Gasteiger partial charge in [0.05, 0.1) is 13.1 Å². The fraction of sp³-hybridized carbons (Fsp3) is 0.579. The number of hydrogen-bond acceptors (Lipinski definition) is 1. The highest BCUT2D eigenvalue weighted by Gasteiger charge is 2.30. The van der Waals surface area contributed by atoms with Gasteiger partial charge in [-0.15, -0.1) is 0 Å². The number of quaternary nitrogens is 1. The van der Waals surface area contributed by atoms with Crippen LogP contribution in [0.3, 0.4) is 0 Å². The Kier molecular flexibility index (Phi) is 5.85. The van der Waals surface area contributed by atoms with Crippen LogP contribution in [0.4, 0.5) is 0 Å². The molecule has 1 aromatic carbocycles. The van der Waals surface area contributed by atoms with Crippen LogP contribution >= 0.6 is 0 Å². The van der Waals surface area contributed by atoms with Crippen molar-refractivity contribution in [3.63, 3.8) is 0 Å². The summed E-state index contributed by atoms with van der Waals surface area (Å²) in [5.74, 6) is 6.51. The van der Waals surface area contributed by atoms with E-state index in [-0.39, 0.29) is 5.92 Å². The Labute approximate surface area is 129 Å². The van der Waals surface area contributed by atoms with E-state index in [0.29, 0.717) is 0 Å². The minimum atomic E-state index is -1.04. The van der Waals surface area contributed by atoms with Crippen molar-refractivity contribution in [3.05, 3.63) is 35.9 Å². The number of hydrogen-bond donors (Lipinski definition) is 2. The zero-order valence-electron chi connectivity index (χ0n) is 13.4. The molecule has 21 heavy (non-hydrogen) atoms. The summed E-state index contributed by atoms with van der Waals surface area (Å²) in [4.78, 5) is 1.57. The van der Waals surface area contributed by atoms with Crippen LogP contribution in [0, 0.1) is 17.8 Å². The summed E-state index contributed by atoms with van der Waals surface area (Å²) in [6.07, 6.45) is 5.34. The molecule has 2 N–H and O–H groups in total. The molecule has 1 fully saturated rings. The van der Waals surface area contributed by atoms with Crippen molar-refractivity contribution in [2.75, 3.05) is 19.6 Å². The second-order valence-corrected chi connectivity index (χ2v) is 6.43. The van der Waals surface area contributed by atoms with Crippen molar-refractivity contribution < 1.29 is 10.0 Å². The van der Waals surface area contributed by atoms with Crippen LogP contribution in [-0.2, 0) is 5.60 Å². The largest absolute Gasteiger partial charge is 0.373 e. The molecule has 0 amide bonds. The van der Waals surface area contributed by atoms with Gasteiger partial charge in [0.25, 0.3) is 0 Å². The molecule has 1 aliphatic rings. The molecule has 0 saturated carbocycles. The van der Waals surface area contributed by atoms with Gasteiger partial charge >= 0.3 is 0 Å². The second kappa shape index (κ2) is 7.64. The highest BCUT2D eigenvalue weighted by Crippen LogP contribution is 2.28. The smallest absolute Gasteiger partial charge is 0.153 e. The molecule has 0 aromatic heterocycles. The Morgan fingerprint density at radius 3 is 2.29 bits per heavy atom. The van der Waals surface area contributed by atoms with Crippen LogP contribution in [0.1, 0.15) is 45.1 Å². The van der Waals surface area contributed by atoms with Crippen molar-refractivity contribution in [2.24, 2.45) is 5.92 Å². The van der Waals surface area contributed by atoms with E-state index in [2.05, 4.69) is 11.8 Å². The van der Waals surface area contributed by atoms with Crippen molar-refractivity contribution in [2.45, 2.75) is 45.1 Å². The van der Waals surface area contributed by atoms with Crippen LogP contribution < -0.4 is 4.90 Å². The predicted molar refractivity (Wildman–Crippen MR) is 87.0 cm³/mol. The summed E-state index contributed by atoms with van der Waals surface area (Å²) >= 11 is 0. The van der Waals surface area contributed by atoms with E-state index in [1.54, 1.807) is 4.90 Å². The third-order valence-electron chi connectivity index (χ3n) is 4.48. The molecule has 1 atom stereocenters. The number of likely N-dealkylation sites (tertiary alicyclic amines) is 1. The molecular formula is C19H28NO+. The maximum Gasteiger partial charge on any atom is 0.153 e. The van der Waals surface area contributed by atoms with Crippen LogP contribution in [-0.4, -0.2) is 24.7 Å². The predicted octanol–water partition coefficient (Wildman–Crippen LogP) is 1.99. The maximum absolute atomic E-state index is 11.0. The van der Waals surface area contributed by atoms with Gasteiger partial charge in [-0.3, -0.25) is 0 Å². The summed E-state index contributed by atoms with van der Waals surface area (Å²) in [7, 11) is 0. The molecule has 2 rings (SSSR count). The van der Waals surface area contributed by atoms with Crippen LogP contribution in [0.15, 0.2) is 30.3 Å². The van der Waals surface area contributed by atoms with Gasteiger partial charge in [-0.2, -0.15) is 0 Å². The first-order valence-corrected chi connectivity index (χ1v) is 8.24. The Morgan fingerprint density at radius 1 is 1.10 bits per heavy atom. The third kappa shape index (κ3) is 4.33. The Balaban J connectivity index is 2.08. The van der Waals surface area contributed by atoms with Crippen molar-refractivity contribution >= 4 is 0 Å². The van der Waals surface area contributed by atoms with Crippen molar-refractivity contribution in [1.82, 2.24) is 0 Å². The minimum Gasteiger partial charge on any atom is -0.373 e. The van der Waals surface area contributed by atoms with Gasteiger partial charge in [0.15, 0.2) is 5.60 Å². The SMILES string of the molecule is CC(C)C(O)(C#CC[NH+]1CCCCCC1)c1ccccc1. The lowest BCUT2D eigenvalue weighted by Crippen LogP contribution is -3.11. The van der Waals surface area contributed by atoms with E-state index >= 15 is 0 Å². The van der Waals surface area contributed by atoms with Gasteiger partial charge < -0.3 is 10.0 Å². The van der Waals surface area contributed by atoms with E-state index < -0.39 is 5.60 Å². The zero-order chi connectivity index (χ0) is 15.1. The topological polar surface area (TPSA) is 24.7 Å². The average Bonchev–Trinajstić information content (AvgIpc) is 2.76. The Morgan fingerprint density at radius 2 is 1.71 bits per heavy atom. The number of aliphatic hydroxyl groups is 1. The molecule has 114 valence electrons. The van der Waals surface area contributed by atoms with Crippen LogP contribution in [0.5, 0.6) is 0 Å². The van der Waals surface area contributed by atoms with Gasteiger partial charge in [0, 0.05) is 0 Å². The lowest BCUT2D eigenvalue weighted by atomic mass is 9.84. The van der Waals surface area contributed by atoms with Gasteiger partial charge in [0.1, 0.15) is 6.54 Å². The van der Waals surface area contributed by atoms with Crippen LogP contribution in [0.25, 0.3) is 0 Å².